The summed E-state index contributed by atoms with van der Waals surface area (Å²) in [5, 5.41) is 0. The standard InChI is InChI=1S/C27H35N5O/c33-26(25-23-9-3-4-10-24(23)28-27(29-25)31-14-5-6-15-31)30-17-12-22(13-18-30)32-16-11-20-7-1-2-8-21(20)19-32/h1-2,7-8,22H,3-6,9-19H2. The smallest absolute Gasteiger partial charge is 0.272 e. The molecule has 0 spiro atoms. The van der Waals surface area contributed by atoms with Crippen LogP contribution in [0.5, 0.6) is 0 Å². The van der Waals surface area contributed by atoms with E-state index in [2.05, 4.69) is 39.0 Å². The van der Waals surface area contributed by atoms with Crippen molar-refractivity contribution in [2.75, 3.05) is 37.6 Å². The summed E-state index contributed by atoms with van der Waals surface area (Å²) >= 11 is 0. The molecule has 0 atom stereocenters. The van der Waals surface area contributed by atoms with Crippen molar-refractivity contribution in [1.29, 1.82) is 0 Å². The Balaban J connectivity index is 1.16. The molecule has 0 unspecified atom stereocenters. The average Bonchev–Trinajstić information content (AvgIpc) is 3.43. The SMILES string of the molecule is O=C(c1nc(N2CCCC2)nc2c1CCCC2)N1CCC(N2CCc3ccccc3C2)CC1. The Morgan fingerprint density at radius 1 is 0.818 bits per heavy atom. The number of hydrogen-bond donors (Lipinski definition) is 0. The molecule has 3 aliphatic heterocycles. The van der Waals surface area contributed by atoms with Crippen LogP contribution in [0.15, 0.2) is 24.3 Å². The first-order valence-corrected chi connectivity index (χ1v) is 13.0. The number of rotatable bonds is 3. The summed E-state index contributed by atoms with van der Waals surface area (Å²) in [5.41, 5.74) is 5.94. The normalized spacial score (nSPS) is 21.7. The van der Waals surface area contributed by atoms with Gasteiger partial charge in [0.25, 0.3) is 5.91 Å². The van der Waals surface area contributed by atoms with Gasteiger partial charge < -0.3 is 9.80 Å². The third-order valence-corrected chi connectivity index (χ3v) is 8.19. The highest BCUT2D eigenvalue weighted by Gasteiger charge is 2.32. The van der Waals surface area contributed by atoms with Crippen LogP contribution in [-0.2, 0) is 25.8 Å². The van der Waals surface area contributed by atoms with E-state index in [1.165, 1.54) is 30.4 Å². The molecule has 1 aromatic heterocycles. The van der Waals surface area contributed by atoms with E-state index in [1.807, 2.05) is 0 Å². The minimum atomic E-state index is 0.137. The molecule has 33 heavy (non-hydrogen) atoms. The number of hydrogen-bond acceptors (Lipinski definition) is 5. The molecule has 6 heteroatoms. The van der Waals surface area contributed by atoms with Crippen molar-refractivity contribution in [1.82, 2.24) is 19.8 Å². The molecular formula is C27H35N5O. The Morgan fingerprint density at radius 2 is 1.58 bits per heavy atom. The van der Waals surface area contributed by atoms with Crippen LogP contribution in [0.2, 0.25) is 0 Å². The van der Waals surface area contributed by atoms with Crippen LogP contribution in [0.4, 0.5) is 5.95 Å². The lowest BCUT2D eigenvalue weighted by Crippen LogP contribution is -2.48. The minimum Gasteiger partial charge on any atom is -0.341 e. The molecule has 0 saturated carbocycles. The van der Waals surface area contributed by atoms with Crippen molar-refractivity contribution in [3.05, 3.63) is 52.3 Å². The van der Waals surface area contributed by atoms with Crippen LogP contribution >= 0.6 is 0 Å². The maximum absolute atomic E-state index is 13.7. The first-order valence-electron chi connectivity index (χ1n) is 13.0. The molecule has 1 aliphatic carbocycles. The van der Waals surface area contributed by atoms with Gasteiger partial charge in [0.05, 0.1) is 0 Å². The van der Waals surface area contributed by atoms with Crippen LogP contribution in [0.25, 0.3) is 0 Å². The Kier molecular flexibility index (Phi) is 5.78. The molecule has 0 bridgehead atoms. The fraction of sp³-hybridized carbons (Fsp3) is 0.593. The quantitative estimate of drug-likeness (QED) is 0.722. The number of piperidine rings is 1. The van der Waals surface area contributed by atoms with Crippen LogP contribution in [0, 0.1) is 0 Å². The number of anilines is 1. The topological polar surface area (TPSA) is 52.6 Å². The summed E-state index contributed by atoms with van der Waals surface area (Å²) in [6, 6.07) is 9.42. The zero-order valence-electron chi connectivity index (χ0n) is 19.6. The third-order valence-electron chi connectivity index (χ3n) is 8.19. The van der Waals surface area contributed by atoms with Crippen LogP contribution in [0.1, 0.15) is 71.4 Å². The van der Waals surface area contributed by atoms with Gasteiger partial charge in [-0.05, 0) is 68.9 Å². The van der Waals surface area contributed by atoms with Gasteiger partial charge in [-0.25, -0.2) is 9.97 Å². The van der Waals surface area contributed by atoms with Crippen molar-refractivity contribution < 1.29 is 4.79 Å². The Morgan fingerprint density at radius 3 is 2.39 bits per heavy atom. The van der Waals surface area contributed by atoms with E-state index in [1.54, 1.807) is 0 Å². The number of benzene rings is 1. The highest BCUT2D eigenvalue weighted by molar-refractivity contribution is 5.94. The highest BCUT2D eigenvalue weighted by Crippen LogP contribution is 2.29. The summed E-state index contributed by atoms with van der Waals surface area (Å²) in [6.45, 7) is 5.87. The molecule has 0 radical (unpaired) electrons. The maximum Gasteiger partial charge on any atom is 0.272 e. The van der Waals surface area contributed by atoms with Gasteiger partial charge >= 0.3 is 0 Å². The number of aryl methyl sites for hydroxylation is 1. The average molecular weight is 446 g/mol. The molecule has 1 amide bonds. The van der Waals surface area contributed by atoms with E-state index in [4.69, 9.17) is 9.97 Å². The summed E-state index contributed by atoms with van der Waals surface area (Å²) in [4.78, 5) is 30.5. The van der Waals surface area contributed by atoms with Gasteiger partial charge in [0.2, 0.25) is 5.95 Å². The third kappa shape index (κ3) is 4.14. The van der Waals surface area contributed by atoms with Crippen LogP contribution in [-0.4, -0.2) is 64.4 Å². The van der Waals surface area contributed by atoms with Gasteiger partial charge in [-0.2, -0.15) is 0 Å². The van der Waals surface area contributed by atoms with Gasteiger partial charge in [-0.15, -0.1) is 0 Å². The second kappa shape index (κ2) is 9.05. The first-order chi connectivity index (χ1) is 16.3. The lowest BCUT2D eigenvalue weighted by molar-refractivity contribution is 0.0592. The van der Waals surface area contributed by atoms with Crippen molar-refractivity contribution in [2.45, 2.75) is 70.4 Å². The van der Waals surface area contributed by atoms with Crippen LogP contribution < -0.4 is 4.90 Å². The highest BCUT2D eigenvalue weighted by atomic mass is 16.2. The lowest BCUT2D eigenvalue weighted by Gasteiger charge is -2.40. The minimum absolute atomic E-state index is 0.137. The molecule has 174 valence electrons. The van der Waals surface area contributed by atoms with Gasteiger partial charge in [-0.3, -0.25) is 9.69 Å². The number of fused-ring (bicyclic) bond motifs is 2. The molecule has 4 aliphatic rings. The molecule has 2 saturated heterocycles. The fourth-order valence-electron chi connectivity index (χ4n) is 6.23. The molecular weight excluding hydrogens is 410 g/mol. The fourth-order valence-corrected chi connectivity index (χ4v) is 6.23. The van der Waals surface area contributed by atoms with E-state index in [9.17, 15) is 4.79 Å². The van der Waals surface area contributed by atoms with Gasteiger partial charge in [0.15, 0.2) is 0 Å². The van der Waals surface area contributed by atoms with Crippen LogP contribution in [0.3, 0.4) is 0 Å². The van der Waals surface area contributed by atoms with Crippen molar-refractivity contribution in [3.8, 4) is 0 Å². The summed E-state index contributed by atoms with van der Waals surface area (Å²) in [6.07, 6.45) is 9.87. The molecule has 0 N–H and O–H groups in total. The zero-order valence-corrected chi connectivity index (χ0v) is 19.6. The van der Waals surface area contributed by atoms with Gasteiger partial charge in [0, 0.05) is 56.6 Å². The molecule has 2 fully saturated rings. The van der Waals surface area contributed by atoms with E-state index in [0.717, 1.165) is 95.0 Å². The maximum atomic E-state index is 13.7. The summed E-state index contributed by atoms with van der Waals surface area (Å²) in [7, 11) is 0. The van der Waals surface area contributed by atoms with Crippen molar-refractivity contribution >= 4 is 11.9 Å². The molecule has 1 aromatic carbocycles. The number of likely N-dealkylation sites (tertiary alicyclic amines) is 1. The Bertz CT molecular complexity index is 1020. The molecule has 6 rings (SSSR count). The zero-order chi connectivity index (χ0) is 22.2. The molecule has 6 nitrogen and oxygen atoms in total. The number of amides is 1. The first kappa shape index (κ1) is 21.1. The van der Waals surface area contributed by atoms with E-state index in [0.29, 0.717) is 11.7 Å². The lowest BCUT2D eigenvalue weighted by atomic mass is 9.93. The number of nitrogens with zero attached hydrogens (tertiary/aromatic N) is 5. The Hall–Kier alpha value is -2.47. The van der Waals surface area contributed by atoms with E-state index in [-0.39, 0.29) is 5.91 Å². The number of carbonyl (C=O) groups is 1. The monoisotopic (exact) mass is 445 g/mol. The Labute approximate surface area is 197 Å². The van der Waals surface area contributed by atoms with Gasteiger partial charge in [-0.1, -0.05) is 24.3 Å². The van der Waals surface area contributed by atoms with Crippen molar-refractivity contribution in [2.24, 2.45) is 0 Å². The summed E-state index contributed by atoms with van der Waals surface area (Å²) in [5.74, 6) is 0.928. The predicted molar refractivity (Wildman–Crippen MR) is 130 cm³/mol. The largest absolute Gasteiger partial charge is 0.341 e. The second-order valence-corrected chi connectivity index (χ2v) is 10.2. The second-order valence-electron chi connectivity index (χ2n) is 10.2. The van der Waals surface area contributed by atoms with Crippen molar-refractivity contribution in [3.63, 3.8) is 0 Å². The number of carbonyl (C=O) groups excluding carboxylic acids is 1. The number of aromatic nitrogens is 2. The molecule has 2 aromatic rings. The molecule has 4 heterocycles. The van der Waals surface area contributed by atoms with E-state index < -0.39 is 0 Å². The summed E-state index contributed by atoms with van der Waals surface area (Å²) < 4.78 is 0. The van der Waals surface area contributed by atoms with Gasteiger partial charge in [0.1, 0.15) is 5.69 Å². The predicted octanol–water partition coefficient (Wildman–Crippen LogP) is 3.62. The van der Waals surface area contributed by atoms with E-state index >= 15 is 0 Å².